The molecule has 4 amide bonds. The van der Waals surface area contributed by atoms with E-state index in [0.717, 1.165) is 13.8 Å². The molecule has 7 rings (SSSR count). The van der Waals surface area contributed by atoms with Gasteiger partial charge in [-0.25, -0.2) is 27.0 Å². The molecular weight excluding hydrogens is 805 g/mol. The number of carbonyl (C=O) groups excluding carboxylic acids is 4. The molecule has 3 fully saturated rings. The van der Waals surface area contributed by atoms with E-state index in [1.54, 1.807) is 24.4 Å². The average Bonchev–Trinajstić information content (AvgIpc) is 4.12. The van der Waals surface area contributed by atoms with Crippen molar-refractivity contribution < 1.29 is 55.3 Å². The number of aromatic nitrogens is 1. The maximum atomic E-state index is 15.0. The molecule has 2 saturated carbocycles. The van der Waals surface area contributed by atoms with Gasteiger partial charge in [-0.2, -0.15) is 0 Å². The zero-order valence-corrected chi connectivity index (χ0v) is 35.2. The number of ether oxygens (including phenoxy) is 4. The van der Waals surface area contributed by atoms with Gasteiger partial charge in [-0.1, -0.05) is 26.0 Å². The number of sulfonamides is 1. The fourth-order valence-corrected chi connectivity index (χ4v) is 9.44. The highest BCUT2D eigenvalue weighted by Crippen LogP contribution is 2.47. The van der Waals surface area contributed by atoms with Gasteiger partial charge in [-0.3, -0.25) is 24.4 Å². The number of nitrogens with one attached hydrogen (secondary N) is 3. The first kappa shape index (κ1) is 43.1. The van der Waals surface area contributed by atoms with Crippen molar-refractivity contribution in [3.63, 3.8) is 0 Å². The minimum absolute atomic E-state index is 0.0471. The number of fused-ring (bicyclic) bond motifs is 5. The molecule has 0 radical (unpaired) electrons. The van der Waals surface area contributed by atoms with E-state index in [4.69, 9.17) is 18.9 Å². The van der Waals surface area contributed by atoms with Crippen LogP contribution in [0.1, 0.15) is 86.0 Å². The maximum absolute atomic E-state index is 15.0. The van der Waals surface area contributed by atoms with Gasteiger partial charge in [0.25, 0.3) is 17.7 Å². The third-order valence-corrected chi connectivity index (χ3v) is 14.1. The molecule has 0 spiro atoms. The van der Waals surface area contributed by atoms with E-state index in [2.05, 4.69) is 20.3 Å². The normalized spacial score (nSPS) is 28.1. The second kappa shape index (κ2) is 16.5. The summed E-state index contributed by atoms with van der Waals surface area (Å²) in [4.78, 5) is 62.2. The van der Waals surface area contributed by atoms with Gasteiger partial charge in [0, 0.05) is 48.0 Å². The molecule has 1 aromatic carbocycles. The van der Waals surface area contributed by atoms with Gasteiger partial charge < -0.3 is 29.2 Å². The van der Waals surface area contributed by atoms with Crippen molar-refractivity contribution in [3.8, 4) is 17.4 Å². The Morgan fingerprint density at radius 3 is 2.55 bits per heavy atom. The van der Waals surface area contributed by atoms with Crippen molar-refractivity contribution >= 4 is 44.6 Å². The molecule has 2 aromatic rings. The van der Waals surface area contributed by atoms with Crippen LogP contribution in [0.15, 0.2) is 48.3 Å². The summed E-state index contributed by atoms with van der Waals surface area (Å²) in [7, 11) is -3.96. The molecule has 0 bridgehead atoms. The number of alkyl halides is 2. The SMILES string of the molecule is CCC1CC(C)CCC=CC2CC2(C(=O)NS(=O)(=O)C2CC2)NC(=O)C2CC(Oc3nccc4c5c(ccc34)OCCO5)CN2C(=O)/C1=C/NC(=O)OC(C)(C)C(C)(F)F. The summed E-state index contributed by atoms with van der Waals surface area (Å²) in [5.41, 5.74) is -3.64. The Kier molecular flexibility index (Phi) is 11.8. The molecule has 2 aliphatic carbocycles. The van der Waals surface area contributed by atoms with Gasteiger partial charge in [0.15, 0.2) is 17.1 Å². The molecule has 1 aromatic heterocycles. The Morgan fingerprint density at radius 2 is 1.83 bits per heavy atom. The Morgan fingerprint density at radius 1 is 1.08 bits per heavy atom. The van der Waals surface area contributed by atoms with Crippen molar-refractivity contribution in [2.24, 2.45) is 17.8 Å². The quantitative estimate of drug-likeness (QED) is 0.220. The number of hydrogen-bond acceptors (Lipinski definition) is 11. The molecule has 15 nitrogen and oxygen atoms in total. The number of amides is 4. The maximum Gasteiger partial charge on any atom is 0.411 e. The number of rotatable bonds is 9. The van der Waals surface area contributed by atoms with Gasteiger partial charge in [0.1, 0.15) is 30.9 Å². The third kappa shape index (κ3) is 8.89. The highest BCUT2D eigenvalue weighted by atomic mass is 32.2. The third-order valence-electron chi connectivity index (χ3n) is 12.3. The molecule has 3 aliphatic heterocycles. The van der Waals surface area contributed by atoms with Gasteiger partial charge in [0.05, 0.1) is 11.8 Å². The molecular formula is C42H53F2N5O10S. The predicted octanol–water partition coefficient (Wildman–Crippen LogP) is 5.28. The number of hydrogen-bond donors (Lipinski definition) is 3. The number of alkyl carbamates (subject to hydrolysis) is 1. The molecule has 3 N–H and O–H groups in total. The first-order chi connectivity index (χ1) is 28.3. The first-order valence-corrected chi connectivity index (χ1v) is 22.1. The van der Waals surface area contributed by atoms with E-state index in [-0.39, 0.29) is 36.8 Å². The van der Waals surface area contributed by atoms with Crippen molar-refractivity contribution in [2.45, 2.75) is 120 Å². The number of carbonyl (C=O) groups is 4. The lowest BCUT2D eigenvalue weighted by atomic mass is 9.85. The summed E-state index contributed by atoms with van der Waals surface area (Å²) >= 11 is 0. The predicted molar refractivity (Wildman–Crippen MR) is 215 cm³/mol. The van der Waals surface area contributed by atoms with Crippen LogP contribution in [0.2, 0.25) is 0 Å². The Labute approximate surface area is 348 Å². The van der Waals surface area contributed by atoms with Gasteiger partial charge in [-0.05, 0) is 88.8 Å². The minimum atomic E-state index is -3.96. The van der Waals surface area contributed by atoms with E-state index in [1.807, 2.05) is 26.0 Å². The molecule has 326 valence electrons. The second-order valence-corrected chi connectivity index (χ2v) is 19.1. The number of allylic oxidation sites excluding steroid dienone is 1. The highest BCUT2D eigenvalue weighted by molar-refractivity contribution is 7.91. The Bertz CT molecular complexity index is 2210. The first-order valence-electron chi connectivity index (χ1n) is 20.6. The summed E-state index contributed by atoms with van der Waals surface area (Å²) < 4.78 is 79.9. The van der Waals surface area contributed by atoms with Crippen LogP contribution in [0.25, 0.3) is 10.8 Å². The molecule has 18 heteroatoms. The summed E-state index contributed by atoms with van der Waals surface area (Å²) in [5, 5.41) is 5.87. The van der Waals surface area contributed by atoms with Crippen LogP contribution < -0.4 is 29.6 Å². The standard InChI is InChI=1S/C42H53F2N5O10S/c1-6-25-19-24(2)9-7-8-10-26-21-42(26,38(52)48-60(54,55)28-11-12-28)47-35(50)32-20-27(58-36-30-13-14-33-34(57-18-17-56-33)29(30)15-16-45-36)23-49(32)37(51)31(25)22-46-39(53)59-40(3,4)41(5,43)44/h8,10,13-16,22,24-28,32H,6-7,9,11-12,17-21,23H2,1-5H3,(H,46,53)(H,47,50)(H,48,52)/b10-8?,31-22+. The van der Waals surface area contributed by atoms with E-state index < -0.39 is 80.1 Å². The molecule has 5 aliphatic rings. The van der Waals surface area contributed by atoms with Gasteiger partial charge in [-0.15, -0.1) is 0 Å². The summed E-state index contributed by atoms with van der Waals surface area (Å²) in [6.07, 6.45) is 7.69. The van der Waals surface area contributed by atoms with Crippen molar-refractivity contribution in [2.75, 3.05) is 19.8 Å². The van der Waals surface area contributed by atoms with Crippen molar-refractivity contribution in [1.82, 2.24) is 25.2 Å². The largest absolute Gasteiger partial charge is 0.486 e. The van der Waals surface area contributed by atoms with E-state index in [9.17, 15) is 36.4 Å². The van der Waals surface area contributed by atoms with Crippen LogP contribution in [-0.2, 0) is 29.1 Å². The van der Waals surface area contributed by atoms with E-state index in [0.29, 0.717) is 80.9 Å². The molecule has 1 saturated heterocycles. The molecule has 6 unspecified atom stereocenters. The molecule has 6 atom stereocenters. The number of halogens is 2. The fourth-order valence-electron chi connectivity index (χ4n) is 8.08. The van der Waals surface area contributed by atoms with Gasteiger partial charge in [0.2, 0.25) is 21.8 Å². The Balaban J connectivity index is 1.24. The smallest absolute Gasteiger partial charge is 0.411 e. The van der Waals surface area contributed by atoms with Crippen molar-refractivity contribution in [3.05, 3.63) is 48.3 Å². The van der Waals surface area contributed by atoms with Crippen LogP contribution in [0.4, 0.5) is 13.6 Å². The van der Waals surface area contributed by atoms with Crippen LogP contribution in [0, 0.1) is 17.8 Å². The minimum Gasteiger partial charge on any atom is -0.486 e. The average molecular weight is 858 g/mol. The molecule has 60 heavy (non-hydrogen) atoms. The van der Waals surface area contributed by atoms with Crippen LogP contribution in [-0.4, -0.2) is 96.3 Å². The second-order valence-electron chi connectivity index (χ2n) is 17.2. The van der Waals surface area contributed by atoms with Crippen LogP contribution in [0.5, 0.6) is 17.4 Å². The highest BCUT2D eigenvalue weighted by Gasteiger charge is 2.62. The zero-order valence-electron chi connectivity index (χ0n) is 34.4. The monoisotopic (exact) mass is 857 g/mol. The van der Waals surface area contributed by atoms with E-state index in [1.165, 1.54) is 11.1 Å². The lowest BCUT2D eigenvalue weighted by Gasteiger charge is -2.31. The van der Waals surface area contributed by atoms with E-state index >= 15 is 0 Å². The number of pyridine rings is 1. The summed E-state index contributed by atoms with van der Waals surface area (Å²) in [6.45, 7) is 7.33. The Hall–Kier alpha value is -5.00. The zero-order chi connectivity index (χ0) is 43.2. The topological polar surface area (TPSA) is 192 Å². The fraction of sp³-hybridized carbons (Fsp3) is 0.595. The van der Waals surface area contributed by atoms with Gasteiger partial charge >= 0.3 is 6.09 Å². The van der Waals surface area contributed by atoms with Crippen LogP contribution in [0.3, 0.4) is 0 Å². The lowest BCUT2D eigenvalue weighted by molar-refractivity contribution is -0.149. The summed E-state index contributed by atoms with van der Waals surface area (Å²) in [5.74, 6) is -5.12. The summed E-state index contributed by atoms with van der Waals surface area (Å²) in [6, 6.07) is 4.07. The lowest BCUT2D eigenvalue weighted by Crippen LogP contribution is -2.56. The van der Waals surface area contributed by atoms with Crippen molar-refractivity contribution in [1.29, 1.82) is 0 Å². The molecule has 4 heterocycles. The van der Waals surface area contributed by atoms with Crippen LogP contribution >= 0.6 is 0 Å². The number of nitrogens with zero attached hydrogens (tertiary/aromatic N) is 2. The number of benzene rings is 1.